The number of carbonyl (C=O) groups excluding carboxylic acids is 2. The third kappa shape index (κ3) is 4.78. The third-order valence-corrected chi connectivity index (χ3v) is 4.01. The van der Waals surface area contributed by atoms with Gasteiger partial charge in [-0.05, 0) is 42.5 Å². The highest BCUT2D eigenvalue weighted by molar-refractivity contribution is 5.96. The molecule has 0 saturated heterocycles. The second-order valence-electron chi connectivity index (χ2n) is 5.90. The van der Waals surface area contributed by atoms with Gasteiger partial charge in [-0.1, -0.05) is 0 Å². The number of nitro benzene ring substituents is 1. The summed E-state index contributed by atoms with van der Waals surface area (Å²) in [6.07, 6.45) is 3.76. The first-order valence-electron chi connectivity index (χ1n) is 8.51. The molecule has 9 heteroatoms. The van der Waals surface area contributed by atoms with E-state index in [-0.39, 0.29) is 17.1 Å². The van der Waals surface area contributed by atoms with Crippen molar-refractivity contribution < 1.29 is 24.0 Å². The molecule has 1 aromatic heterocycles. The summed E-state index contributed by atoms with van der Waals surface area (Å²) >= 11 is 0. The lowest BCUT2D eigenvalue weighted by atomic mass is 10.2. The zero-order valence-electron chi connectivity index (χ0n) is 15.4. The summed E-state index contributed by atoms with van der Waals surface area (Å²) in [5.74, 6) is -1.12. The highest BCUT2D eigenvalue weighted by atomic mass is 16.6. The fourth-order valence-electron chi connectivity index (χ4n) is 2.57. The molecule has 0 bridgehead atoms. The van der Waals surface area contributed by atoms with Crippen LogP contribution in [0.15, 0.2) is 67.0 Å². The number of non-ortho nitro benzene ring substituents is 1. The van der Waals surface area contributed by atoms with Crippen LogP contribution >= 0.6 is 0 Å². The quantitative estimate of drug-likeness (QED) is 0.373. The maximum atomic E-state index is 12.1. The molecular weight excluding hydrogens is 378 g/mol. The molecule has 0 aliphatic heterocycles. The number of amides is 1. The lowest BCUT2D eigenvalue weighted by molar-refractivity contribution is -0.384. The number of rotatable bonds is 7. The Balaban J connectivity index is 1.58. The Morgan fingerprint density at radius 1 is 1.10 bits per heavy atom. The molecule has 0 aliphatic rings. The van der Waals surface area contributed by atoms with Crippen molar-refractivity contribution in [3.8, 4) is 11.4 Å². The lowest BCUT2D eigenvalue weighted by Crippen LogP contribution is -2.21. The lowest BCUT2D eigenvalue weighted by Gasteiger charge is -2.10. The fourth-order valence-corrected chi connectivity index (χ4v) is 2.57. The molecular formula is C20H17N3O6. The average molecular weight is 395 g/mol. The minimum Gasteiger partial charge on any atom is -0.494 e. The molecule has 1 heterocycles. The van der Waals surface area contributed by atoms with Crippen LogP contribution in [0.2, 0.25) is 0 Å². The number of methoxy groups -OCH3 is 1. The smallest absolute Gasteiger partial charge is 0.338 e. The Hall–Kier alpha value is -4.14. The van der Waals surface area contributed by atoms with Gasteiger partial charge in [-0.2, -0.15) is 0 Å². The summed E-state index contributed by atoms with van der Waals surface area (Å²) in [6.45, 7) is -0.516. The van der Waals surface area contributed by atoms with E-state index in [0.29, 0.717) is 5.56 Å². The van der Waals surface area contributed by atoms with E-state index in [1.54, 1.807) is 24.3 Å². The third-order valence-electron chi connectivity index (χ3n) is 4.01. The Labute approximate surface area is 165 Å². The molecule has 9 nitrogen and oxygen atoms in total. The number of aromatic nitrogens is 1. The molecule has 0 atom stereocenters. The first-order valence-corrected chi connectivity index (χ1v) is 8.51. The molecule has 1 N–H and O–H groups in total. The van der Waals surface area contributed by atoms with Crippen molar-refractivity contribution in [2.24, 2.45) is 0 Å². The van der Waals surface area contributed by atoms with E-state index >= 15 is 0 Å². The highest BCUT2D eigenvalue weighted by Gasteiger charge is 2.15. The van der Waals surface area contributed by atoms with Crippen LogP contribution in [0.4, 0.5) is 11.4 Å². The van der Waals surface area contributed by atoms with Crippen LogP contribution < -0.4 is 10.1 Å². The van der Waals surface area contributed by atoms with Crippen molar-refractivity contribution in [2.45, 2.75) is 0 Å². The zero-order valence-corrected chi connectivity index (χ0v) is 15.4. The Morgan fingerprint density at radius 3 is 2.41 bits per heavy atom. The minimum atomic E-state index is -0.644. The van der Waals surface area contributed by atoms with Crippen LogP contribution in [0.1, 0.15) is 10.4 Å². The molecule has 0 fully saturated rings. The van der Waals surface area contributed by atoms with Gasteiger partial charge >= 0.3 is 5.97 Å². The van der Waals surface area contributed by atoms with Crippen molar-refractivity contribution in [1.29, 1.82) is 0 Å². The van der Waals surface area contributed by atoms with E-state index < -0.39 is 23.4 Å². The first-order chi connectivity index (χ1) is 14.0. The maximum absolute atomic E-state index is 12.1. The number of hydrogen-bond donors (Lipinski definition) is 1. The molecule has 0 saturated carbocycles. The van der Waals surface area contributed by atoms with Gasteiger partial charge < -0.3 is 19.4 Å². The van der Waals surface area contributed by atoms with Crippen molar-refractivity contribution in [2.75, 3.05) is 19.0 Å². The monoisotopic (exact) mass is 395 g/mol. The zero-order chi connectivity index (χ0) is 20.8. The molecule has 29 heavy (non-hydrogen) atoms. The van der Waals surface area contributed by atoms with E-state index in [4.69, 9.17) is 9.47 Å². The highest BCUT2D eigenvalue weighted by Crippen LogP contribution is 2.28. The molecule has 148 valence electrons. The summed E-state index contributed by atoms with van der Waals surface area (Å²) in [6, 6.07) is 14.3. The van der Waals surface area contributed by atoms with Gasteiger partial charge in [0.25, 0.3) is 11.6 Å². The van der Waals surface area contributed by atoms with E-state index in [9.17, 15) is 19.7 Å². The Morgan fingerprint density at radius 2 is 1.79 bits per heavy atom. The summed E-state index contributed by atoms with van der Waals surface area (Å²) in [5, 5.41) is 13.3. The number of ether oxygens (including phenoxy) is 2. The van der Waals surface area contributed by atoms with Gasteiger partial charge in [0.1, 0.15) is 5.75 Å². The molecule has 0 radical (unpaired) electrons. The fraction of sp³-hybridized carbons (Fsp3) is 0.100. The number of hydrogen-bond acceptors (Lipinski definition) is 6. The molecule has 0 unspecified atom stereocenters. The number of nitrogens with one attached hydrogen (secondary N) is 1. The summed E-state index contributed by atoms with van der Waals surface area (Å²) in [4.78, 5) is 34.4. The summed E-state index contributed by atoms with van der Waals surface area (Å²) in [5.41, 5.74) is 1.25. The summed E-state index contributed by atoms with van der Waals surface area (Å²) < 4.78 is 12.0. The first kappa shape index (κ1) is 19.6. The normalized spacial score (nSPS) is 10.2. The topological polar surface area (TPSA) is 113 Å². The van der Waals surface area contributed by atoms with Crippen molar-refractivity contribution >= 4 is 23.3 Å². The van der Waals surface area contributed by atoms with Crippen molar-refractivity contribution in [1.82, 2.24) is 4.57 Å². The predicted molar refractivity (Wildman–Crippen MR) is 104 cm³/mol. The molecule has 3 aromatic rings. The van der Waals surface area contributed by atoms with E-state index in [2.05, 4.69) is 5.32 Å². The van der Waals surface area contributed by atoms with Crippen LogP contribution in [0.3, 0.4) is 0 Å². The number of benzene rings is 2. The number of anilines is 1. The molecule has 2 aromatic carbocycles. The minimum absolute atomic E-state index is 0.125. The molecule has 0 aliphatic carbocycles. The maximum Gasteiger partial charge on any atom is 0.338 e. The SMILES string of the molecule is COc1cc([N+](=O)[O-])ccc1NC(=O)COC(=O)c1ccc(-n2cccc2)cc1. The molecule has 1 amide bonds. The van der Waals surface area contributed by atoms with Gasteiger partial charge in [0, 0.05) is 24.1 Å². The van der Waals surface area contributed by atoms with Gasteiger partial charge in [-0.3, -0.25) is 14.9 Å². The van der Waals surface area contributed by atoms with Crippen LogP contribution in [0.25, 0.3) is 5.69 Å². The molecule has 3 rings (SSSR count). The standard InChI is InChI=1S/C20H17N3O6/c1-28-18-12-16(23(26)27)8-9-17(18)21-19(24)13-29-20(25)14-4-6-15(7-5-14)22-10-2-3-11-22/h2-12H,13H2,1H3,(H,21,24). The van der Waals surface area contributed by atoms with Crippen LogP contribution in [0, 0.1) is 10.1 Å². The predicted octanol–water partition coefficient (Wildman–Crippen LogP) is 3.19. The van der Waals surface area contributed by atoms with E-state index in [0.717, 1.165) is 5.69 Å². The second-order valence-corrected chi connectivity index (χ2v) is 5.90. The van der Waals surface area contributed by atoms with E-state index in [1.807, 2.05) is 29.1 Å². The molecule has 0 spiro atoms. The van der Waals surface area contributed by atoms with Gasteiger partial charge in [0.15, 0.2) is 6.61 Å². The number of nitro groups is 1. The Kier molecular flexibility index (Phi) is 5.88. The number of carbonyl (C=O) groups is 2. The van der Waals surface area contributed by atoms with Crippen molar-refractivity contribution in [3.63, 3.8) is 0 Å². The Bertz CT molecular complexity index is 1030. The summed E-state index contributed by atoms with van der Waals surface area (Å²) in [7, 11) is 1.33. The van der Waals surface area contributed by atoms with Gasteiger partial charge in [0.2, 0.25) is 0 Å². The van der Waals surface area contributed by atoms with E-state index in [1.165, 1.54) is 25.3 Å². The van der Waals surface area contributed by atoms with Gasteiger partial charge in [0.05, 0.1) is 29.4 Å². The average Bonchev–Trinajstić information content (AvgIpc) is 3.27. The van der Waals surface area contributed by atoms with Crippen LogP contribution in [0.5, 0.6) is 5.75 Å². The van der Waals surface area contributed by atoms with Crippen LogP contribution in [-0.4, -0.2) is 35.1 Å². The largest absolute Gasteiger partial charge is 0.494 e. The van der Waals surface area contributed by atoms with Crippen molar-refractivity contribution in [3.05, 3.63) is 82.7 Å². The van der Waals surface area contributed by atoms with Crippen LogP contribution in [-0.2, 0) is 9.53 Å². The number of nitrogens with zero attached hydrogens (tertiary/aromatic N) is 2. The van der Waals surface area contributed by atoms with Gasteiger partial charge in [-0.25, -0.2) is 4.79 Å². The van der Waals surface area contributed by atoms with Gasteiger partial charge in [-0.15, -0.1) is 0 Å². The number of esters is 1. The second kappa shape index (κ2) is 8.70.